The molecule has 2 N–H and O–H groups in total. The molecule has 7 nitrogen and oxygen atoms in total. The molecular formula is C12H9FN4O3S. The van der Waals surface area contributed by atoms with Gasteiger partial charge in [-0.1, -0.05) is 23.5 Å². The first-order chi connectivity index (χ1) is 10.0. The van der Waals surface area contributed by atoms with Gasteiger partial charge in [0.15, 0.2) is 5.13 Å². The van der Waals surface area contributed by atoms with Gasteiger partial charge in [-0.25, -0.2) is 0 Å². The zero-order chi connectivity index (χ0) is 15.4. The Kier molecular flexibility index (Phi) is 4.33. The third-order valence-corrected chi connectivity index (χ3v) is 3.18. The summed E-state index contributed by atoms with van der Waals surface area (Å²) in [5.41, 5.74) is 0.497. The number of benzene rings is 1. The van der Waals surface area contributed by atoms with Crippen LogP contribution in [0.1, 0.15) is 17.3 Å². The van der Waals surface area contributed by atoms with Crippen molar-refractivity contribution in [3.8, 4) is 0 Å². The van der Waals surface area contributed by atoms with Gasteiger partial charge in [-0.3, -0.25) is 14.9 Å². The Morgan fingerprint density at radius 2 is 2.00 bits per heavy atom. The van der Waals surface area contributed by atoms with Crippen molar-refractivity contribution in [2.45, 2.75) is 6.92 Å². The molecule has 0 aliphatic rings. The maximum Gasteiger partial charge on any atom is 0.259 e. The first-order valence-corrected chi connectivity index (χ1v) is 6.50. The van der Waals surface area contributed by atoms with Gasteiger partial charge in [0.05, 0.1) is 11.3 Å². The van der Waals surface area contributed by atoms with Gasteiger partial charge >= 0.3 is 0 Å². The van der Waals surface area contributed by atoms with Gasteiger partial charge in [-0.2, -0.15) is 9.37 Å². The summed E-state index contributed by atoms with van der Waals surface area (Å²) < 4.78 is 13.1. The fourth-order valence-electron chi connectivity index (χ4n) is 1.55. The molecule has 21 heavy (non-hydrogen) atoms. The summed E-state index contributed by atoms with van der Waals surface area (Å²) in [6.45, 7) is 1.31. The Morgan fingerprint density at radius 3 is 2.62 bits per heavy atom. The Morgan fingerprint density at radius 1 is 1.29 bits per heavy atom. The summed E-state index contributed by atoms with van der Waals surface area (Å²) >= 11 is 0.618. The number of halogens is 1. The molecule has 1 heterocycles. The van der Waals surface area contributed by atoms with Crippen LogP contribution in [0.25, 0.3) is 0 Å². The molecule has 0 aliphatic heterocycles. The van der Waals surface area contributed by atoms with E-state index in [2.05, 4.69) is 20.8 Å². The number of carbonyl (C=O) groups is 2. The number of nitrogens with zero attached hydrogens (tertiary/aromatic N) is 2. The van der Waals surface area contributed by atoms with E-state index in [0.29, 0.717) is 17.0 Å². The number of rotatable bonds is 4. The molecule has 0 saturated heterocycles. The molecular weight excluding hydrogens is 299 g/mol. The number of carbonyl (C=O) groups excluding carboxylic acids is 2. The van der Waals surface area contributed by atoms with Crippen LogP contribution in [-0.2, 0) is 4.79 Å². The standard InChI is InChI=1S/C12H9FN4O3S/c1-6(18)14-8-5-3-2-4-7(8)10(19)16-12-15-9(13)11(17-20)21-12/h2-5H,1H3,(H,14,18)(H,15,16,19). The Hall–Kier alpha value is -2.68. The summed E-state index contributed by atoms with van der Waals surface area (Å²) in [6, 6.07) is 6.31. The van der Waals surface area contributed by atoms with Gasteiger partial charge in [0.1, 0.15) is 0 Å². The van der Waals surface area contributed by atoms with E-state index < -0.39 is 16.9 Å². The molecule has 2 rings (SSSR count). The van der Waals surface area contributed by atoms with E-state index in [0.717, 1.165) is 0 Å². The number of hydrogen-bond acceptors (Lipinski definition) is 6. The van der Waals surface area contributed by atoms with E-state index in [1.54, 1.807) is 18.2 Å². The topological polar surface area (TPSA) is 101 Å². The smallest absolute Gasteiger partial charge is 0.259 e. The Bertz CT molecular complexity index is 716. The number of nitroso groups, excluding NO2 is 1. The van der Waals surface area contributed by atoms with Crippen LogP contribution in [0.4, 0.5) is 20.2 Å². The molecule has 0 radical (unpaired) electrons. The summed E-state index contributed by atoms with van der Waals surface area (Å²) in [5, 5.41) is 6.77. The molecule has 2 aromatic rings. The first kappa shape index (κ1) is 14.7. The third-order valence-electron chi connectivity index (χ3n) is 2.36. The molecule has 0 fully saturated rings. The zero-order valence-corrected chi connectivity index (χ0v) is 11.5. The van der Waals surface area contributed by atoms with Gasteiger partial charge in [-0.15, -0.1) is 4.91 Å². The lowest BCUT2D eigenvalue weighted by Gasteiger charge is -2.08. The second-order valence-electron chi connectivity index (χ2n) is 3.89. The van der Waals surface area contributed by atoms with Crippen molar-refractivity contribution in [1.82, 2.24) is 4.98 Å². The van der Waals surface area contributed by atoms with Crippen LogP contribution < -0.4 is 10.6 Å². The summed E-state index contributed by atoms with van der Waals surface area (Å²) in [6.07, 6.45) is 0. The summed E-state index contributed by atoms with van der Waals surface area (Å²) in [7, 11) is 0. The molecule has 0 spiro atoms. The van der Waals surface area contributed by atoms with Gasteiger partial charge < -0.3 is 5.32 Å². The van der Waals surface area contributed by atoms with Crippen molar-refractivity contribution in [2.75, 3.05) is 10.6 Å². The van der Waals surface area contributed by atoms with Crippen LogP contribution in [0.3, 0.4) is 0 Å². The molecule has 2 amide bonds. The largest absolute Gasteiger partial charge is 0.326 e. The maximum atomic E-state index is 13.1. The van der Waals surface area contributed by atoms with Crippen molar-refractivity contribution >= 4 is 39.0 Å². The lowest BCUT2D eigenvalue weighted by Crippen LogP contribution is -2.16. The molecule has 0 saturated carbocycles. The average Bonchev–Trinajstić information content (AvgIpc) is 2.78. The van der Waals surface area contributed by atoms with Gasteiger partial charge in [0.25, 0.3) is 11.9 Å². The summed E-state index contributed by atoms with van der Waals surface area (Å²) in [5.74, 6) is -1.96. The normalized spacial score (nSPS) is 10.0. The number of thiazole rings is 1. The fourth-order valence-corrected chi connectivity index (χ4v) is 2.17. The maximum absolute atomic E-state index is 13.1. The molecule has 108 valence electrons. The highest BCUT2D eigenvalue weighted by molar-refractivity contribution is 7.19. The van der Waals surface area contributed by atoms with Crippen molar-refractivity contribution in [1.29, 1.82) is 0 Å². The highest BCUT2D eigenvalue weighted by Crippen LogP contribution is 2.30. The minimum absolute atomic E-state index is 0.0928. The van der Waals surface area contributed by atoms with Gasteiger partial charge in [0.2, 0.25) is 10.9 Å². The number of anilines is 2. The molecule has 0 unspecified atom stereocenters. The lowest BCUT2D eigenvalue weighted by molar-refractivity contribution is -0.114. The van der Waals surface area contributed by atoms with Crippen LogP contribution in [-0.4, -0.2) is 16.8 Å². The van der Waals surface area contributed by atoms with Crippen LogP contribution in [0, 0.1) is 10.9 Å². The number of aromatic nitrogens is 1. The zero-order valence-electron chi connectivity index (χ0n) is 10.7. The average molecular weight is 308 g/mol. The summed E-state index contributed by atoms with van der Waals surface area (Å²) in [4.78, 5) is 36.9. The van der Waals surface area contributed by atoms with E-state index in [1.807, 2.05) is 0 Å². The van der Waals surface area contributed by atoms with Gasteiger partial charge in [0, 0.05) is 6.92 Å². The highest BCUT2D eigenvalue weighted by Gasteiger charge is 2.16. The van der Waals surface area contributed by atoms with Crippen LogP contribution in [0.2, 0.25) is 0 Å². The Balaban J connectivity index is 2.23. The lowest BCUT2D eigenvalue weighted by atomic mass is 10.1. The van der Waals surface area contributed by atoms with Crippen LogP contribution in [0.5, 0.6) is 0 Å². The van der Waals surface area contributed by atoms with Crippen LogP contribution in [0.15, 0.2) is 29.4 Å². The van der Waals surface area contributed by atoms with E-state index in [-0.39, 0.29) is 16.6 Å². The van der Waals surface area contributed by atoms with Crippen LogP contribution >= 0.6 is 11.3 Å². The second kappa shape index (κ2) is 6.18. The number of para-hydroxylation sites is 1. The van der Waals surface area contributed by atoms with E-state index in [1.165, 1.54) is 13.0 Å². The van der Waals surface area contributed by atoms with E-state index >= 15 is 0 Å². The second-order valence-corrected chi connectivity index (χ2v) is 4.86. The predicted octanol–water partition coefficient (Wildman–Crippen LogP) is 2.89. The van der Waals surface area contributed by atoms with E-state index in [4.69, 9.17) is 0 Å². The minimum atomic E-state index is -1.04. The van der Waals surface area contributed by atoms with Crippen molar-refractivity contribution in [3.63, 3.8) is 0 Å². The quantitative estimate of drug-likeness (QED) is 0.848. The number of nitrogens with one attached hydrogen (secondary N) is 2. The molecule has 1 aromatic carbocycles. The SMILES string of the molecule is CC(=O)Nc1ccccc1C(=O)Nc1nc(F)c(N=O)s1. The molecule has 1 aromatic heterocycles. The van der Waals surface area contributed by atoms with Crippen molar-refractivity contribution in [2.24, 2.45) is 5.18 Å². The molecule has 0 atom stereocenters. The van der Waals surface area contributed by atoms with E-state index in [9.17, 15) is 18.9 Å². The van der Waals surface area contributed by atoms with Gasteiger partial charge in [-0.05, 0) is 17.3 Å². The monoisotopic (exact) mass is 308 g/mol. The molecule has 0 aliphatic carbocycles. The highest BCUT2D eigenvalue weighted by atomic mass is 32.1. The predicted molar refractivity (Wildman–Crippen MR) is 76.2 cm³/mol. The number of hydrogen-bond donors (Lipinski definition) is 2. The first-order valence-electron chi connectivity index (χ1n) is 5.69. The molecule has 9 heteroatoms. The fraction of sp³-hybridized carbons (Fsp3) is 0.0833. The minimum Gasteiger partial charge on any atom is -0.326 e. The third kappa shape index (κ3) is 3.45. The number of amides is 2. The van der Waals surface area contributed by atoms with Crippen molar-refractivity contribution in [3.05, 3.63) is 40.7 Å². The molecule has 0 bridgehead atoms. The Labute approximate surface area is 122 Å². The van der Waals surface area contributed by atoms with Crippen molar-refractivity contribution < 1.29 is 14.0 Å².